The summed E-state index contributed by atoms with van der Waals surface area (Å²) in [7, 11) is 0. The number of rotatable bonds is 5. The molecule has 1 rings (SSSR count). The van der Waals surface area contributed by atoms with Crippen LogP contribution in [0.5, 0.6) is 0 Å². The van der Waals surface area contributed by atoms with Crippen molar-refractivity contribution in [2.24, 2.45) is 5.92 Å². The summed E-state index contributed by atoms with van der Waals surface area (Å²) in [5, 5.41) is 9.22. The van der Waals surface area contributed by atoms with E-state index in [4.69, 9.17) is 0 Å². The largest absolute Gasteiger partial charge is 0.481 e. The first-order chi connectivity index (χ1) is 7.20. The summed E-state index contributed by atoms with van der Waals surface area (Å²) in [4.78, 5) is 15.4. The van der Waals surface area contributed by atoms with E-state index in [9.17, 15) is 9.90 Å². The Morgan fingerprint density at radius 3 is 2.47 bits per heavy atom. The Kier molecular flexibility index (Phi) is 4.28. The molecule has 1 aromatic heterocycles. The number of carbonyl (C=O) groups is 1. The van der Waals surface area contributed by atoms with Gasteiger partial charge in [-0.3, -0.25) is 9.78 Å². The second-order valence-corrected chi connectivity index (χ2v) is 3.65. The number of carboxylic acids is 1. The van der Waals surface area contributed by atoms with Gasteiger partial charge in [0, 0.05) is 6.20 Å². The standard InChI is InChI=1S/C12H17NO2/c1-3-9(4-2)11(12(14)15)10-7-5-6-8-13-10/h5-9,11H,3-4H2,1-2H3,(H,14,15). The number of nitrogens with zero attached hydrogens (tertiary/aromatic N) is 1. The van der Waals surface area contributed by atoms with Crippen molar-refractivity contribution in [3.05, 3.63) is 30.1 Å². The van der Waals surface area contributed by atoms with Crippen molar-refractivity contribution < 1.29 is 9.90 Å². The van der Waals surface area contributed by atoms with Gasteiger partial charge in [0.1, 0.15) is 5.92 Å². The summed E-state index contributed by atoms with van der Waals surface area (Å²) in [5.41, 5.74) is 0.665. The molecule has 0 bridgehead atoms. The molecule has 0 saturated carbocycles. The van der Waals surface area contributed by atoms with E-state index in [1.54, 1.807) is 18.3 Å². The van der Waals surface area contributed by atoms with Gasteiger partial charge in [-0.15, -0.1) is 0 Å². The summed E-state index contributed by atoms with van der Waals surface area (Å²) < 4.78 is 0. The molecule has 1 N–H and O–H groups in total. The third-order valence-electron chi connectivity index (χ3n) is 2.79. The molecular formula is C12H17NO2. The fourth-order valence-electron chi connectivity index (χ4n) is 1.89. The quantitative estimate of drug-likeness (QED) is 0.807. The second kappa shape index (κ2) is 5.49. The summed E-state index contributed by atoms with van der Waals surface area (Å²) in [6.45, 7) is 4.04. The van der Waals surface area contributed by atoms with E-state index in [2.05, 4.69) is 4.98 Å². The van der Waals surface area contributed by atoms with Gasteiger partial charge in [0.05, 0.1) is 5.69 Å². The fourth-order valence-corrected chi connectivity index (χ4v) is 1.89. The lowest BCUT2D eigenvalue weighted by Crippen LogP contribution is -2.21. The second-order valence-electron chi connectivity index (χ2n) is 3.65. The van der Waals surface area contributed by atoms with Crippen LogP contribution in [0.15, 0.2) is 24.4 Å². The van der Waals surface area contributed by atoms with Crippen LogP contribution in [0.4, 0.5) is 0 Å². The fraction of sp³-hybridized carbons (Fsp3) is 0.500. The topological polar surface area (TPSA) is 50.2 Å². The minimum Gasteiger partial charge on any atom is -0.481 e. The molecule has 1 heterocycles. The number of hydrogen-bond acceptors (Lipinski definition) is 2. The average Bonchev–Trinajstić information content (AvgIpc) is 2.26. The lowest BCUT2D eigenvalue weighted by Gasteiger charge is -2.20. The normalized spacial score (nSPS) is 12.7. The Balaban J connectivity index is 2.97. The number of carboxylic acid groups (broad SMARTS) is 1. The first-order valence-electron chi connectivity index (χ1n) is 5.34. The number of pyridine rings is 1. The maximum absolute atomic E-state index is 11.2. The van der Waals surface area contributed by atoms with Crippen molar-refractivity contribution >= 4 is 5.97 Å². The molecule has 0 aliphatic heterocycles. The molecule has 1 unspecified atom stereocenters. The molecule has 3 nitrogen and oxygen atoms in total. The van der Waals surface area contributed by atoms with Crippen LogP contribution in [0.2, 0.25) is 0 Å². The first kappa shape index (κ1) is 11.7. The number of aromatic nitrogens is 1. The highest BCUT2D eigenvalue weighted by molar-refractivity contribution is 5.75. The molecule has 3 heteroatoms. The van der Waals surface area contributed by atoms with E-state index >= 15 is 0 Å². The third kappa shape index (κ3) is 2.78. The van der Waals surface area contributed by atoms with Crippen molar-refractivity contribution in [2.45, 2.75) is 32.6 Å². The van der Waals surface area contributed by atoms with Crippen LogP contribution < -0.4 is 0 Å². The van der Waals surface area contributed by atoms with Crippen LogP contribution in [-0.2, 0) is 4.79 Å². The molecule has 0 radical (unpaired) electrons. The van der Waals surface area contributed by atoms with Gasteiger partial charge < -0.3 is 5.11 Å². The van der Waals surface area contributed by atoms with E-state index in [0.717, 1.165) is 12.8 Å². The molecule has 0 saturated heterocycles. The van der Waals surface area contributed by atoms with Crippen molar-refractivity contribution in [3.63, 3.8) is 0 Å². The SMILES string of the molecule is CCC(CC)C(C(=O)O)c1ccccn1. The van der Waals surface area contributed by atoms with Crippen LogP contribution in [0, 0.1) is 5.92 Å². The Morgan fingerprint density at radius 2 is 2.07 bits per heavy atom. The van der Waals surface area contributed by atoms with Gasteiger partial charge >= 0.3 is 5.97 Å². The van der Waals surface area contributed by atoms with Gasteiger partial charge in [-0.25, -0.2) is 0 Å². The van der Waals surface area contributed by atoms with Gasteiger partial charge in [-0.1, -0.05) is 32.8 Å². The van der Waals surface area contributed by atoms with Crippen LogP contribution in [-0.4, -0.2) is 16.1 Å². The van der Waals surface area contributed by atoms with Crippen LogP contribution in [0.3, 0.4) is 0 Å². The van der Waals surface area contributed by atoms with Gasteiger partial charge in [-0.05, 0) is 18.1 Å². The zero-order valence-corrected chi connectivity index (χ0v) is 9.18. The predicted octanol–water partition coefficient (Wildman–Crippen LogP) is 2.69. The Hall–Kier alpha value is -1.38. The maximum atomic E-state index is 11.2. The van der Waals surface area contributed by atoms with E-state index in [0.29, 0.717) is 5.69 Å². The van der Waals surface area contributed by atoms with Gasteiger partial charge in [0.2, 0.25) is 0 Å². The van der Waals surface area contributed by atoms with E-state index in [1.165, 1.54) is 0 Å². The smallest absolute Gasteiger partial charge is 0.312 e. The van der Waals surface area contributed by atoms with Gasteiger partial charge in [0.15, 0.2) is 0 Å². The van der Waals surface area contributed by atoms with Crippen molar-refractivity contribution in [2.75, 3.05) is 0 Å². The van der Waals surface area contributed by atoms with Gasteiger partial charge in [-0.2, -0.15) is 0 Å². The van der Waals surface area contributed by atoms with E-state index in [-0.39, 0.29) is 5.92 Å². The van der Waals surface area contributed by atoms with Gasteiger partial charge in [0.25, 0.3) is 0 Å². The molecule has 1 aromatic rings. The number of hydrogen-bond donors (Lipinski definition) is 1. The van der Waals surface area contributed by atoms with Crippen molar-refractivity contribution in [1.82, 2.24) is 4.98 Å². The van der Waals surface area contributed by atoms with Crippen molar-refractivity contribution in [3.8, 4) is 0 Å². The van der Waals surface area contributed by atoms with E-state index in [1.807, 2.05) is 19.9 Å². The molecule has 82 valence electrons. The van der Waals surface area contributed by atoms with Crippen LogP contribution in [0.1, 0.15) is 38.3 Å². The molecule has 0 aliphatic rings. The minimum atomic E-state index is -0.776. The summed E-state index contributed by atoms with van der Waals surface area (Å²) in [6, 6.07) is 5.42. The molecule has 0 aliphatic carbocycles. The van der Waals surface area contributed by atoms with Crippen molar-refractivity contribution in [1.29, 1.82) is 0 Å². The number of aliphatic carboxylic acids is 1. The Labute approximate surface area is 90.2 Å². The van der Waals surface area contributed by atoms with Crippen LogP contribution in [0.25, 0.3) is 0 Å². The highest BCUT2D eigenvalue weighted by Gasteiger charge is 2.28. The molecule has 15 heavy (non-hydrogen) atoms. The highest BCUT2D eigenvalue weighted by atomic mass is 16.4. The lowest BCUT2D eigenvalue weighted by atomic mass is 9.85. The first-order valence-corrected chi connectivity index (χ1v) is 5.34. The maximum Gasteiger partial charge on any atom is 0.312 e. The van der Waals surface area contributed by atoms with Crippen LogP contribution >= 0.6 is 0 Å². The Morgan fingerprint density at radius 1 is 1.40 bits per heavy atom. The van der Waals surface area contributed by atoms with E-state index < -0.39 is 11.9 Å². The summed E-state index contributed by atoms with van der Waals surface area (Å²) in [5.74, 6) is -1.08. The Bertz CT molecular complexity index is 307. The zero-order valence-electron chi connectivity index (χ0n) is 9.18. The third-order valence-corrected chi connectivity index (χ3v) is 2.79. The molecule has 0 amide bonds. The molecule has 1 atom stereocenters. The highest BCUT2D eigenvalue weighted by Crippen LogP contribution is 2.28. The molecule has 0 fully saturated rings. The summed E-state index contributed by atoms with van der Waals surface area (Å²) in [6.07, 6.45) is 3.38. The molecular weight excluding hydrogens is 190 g/mol. The molecule has 0 aromatic carbocycles. The lowest BCUT2D eigenvalue weighted by molar-refractivity contribution is -0.140. The average molecular weight is 207 g/mol. The zero-order chi connectivity index (χ0) is 11.3. The minimum absolute atomic E-state index is 0.164. The summed E-state index contributed by atoms with van der Waals surface area (Å²) >= 11 is 0. The monoisotopic (exact) mass is 207 g/mol. The molecule has 0 spiro atoms. The predicted molar refractivity (Wildman–Crippen MR) is 58.7 cm³/mol.